The van der Waals surface area contributed by atoms with Crippen molar-refractivity contribution < 1.29 is 18.6 Å². The fourth-order valence-corrected chi connectivity index (χ4v) is 3.60. The normalized spacial score (nSPS) is 10.5. The first kappa shape index (κ1) is 21.2. The first-order valence-electron chi connectivity index (χ1n) is 9.29. The summed E-state index contributed by atoms with van der Waals surface area (Å²) in [6.45, 7) is 3.48. The Labute approximate surface area is 184 Å². The molecule has 0 radical (unpaired) electrons. The third kappa shape index (κ3) is 6.00. The second-order valence-corrected chi connectivity index (χ2v) is 7.50. The predicted octanol–water partition coefficient (Wildman–Crippen LogP) is 6.03. The maximum atomic E-state index is 13.1. The van der Waals surface area contributed by atoms with Crippen molar-refractivity contribution in [1.82, 2.24) is 0 Å². The Morgan fingerprint density at radius 3 is 2.31 bits per heavy atom. The smallest absolute Gasteiger partial charge is 0.174 e. The maximum absolute atomic E-state index is 13.1. The molecule has 0 atom stereocenters. The second kappa shape index (κ2) is 10.3. The average molecular weight is 507 g/mol. The van der Waals surface area contributed by atoms with Gasteiger partial charge in [0.15, 0.2) is 11.5 Å². The van der Waals surface area contributed by atoms with Crippen LogP contribution in [0.5, 0.6) is 17.2 Å². The number of halogens is 2. The summed E-state index contributed by atoms with van der Waals surface area (Å²) in [7, 11) is 1.65. The van der Waals surface area contributed by atoms with Gasteiger partial charge < -0.3 is 19.5 Å². The second-order valence-electron chi connectivity index (χ2n) is 6.34. The van der Waals surface area contributed by atoms with E-state index in [1.807, 2.05) is 37.3 Å². The van der Waals surface area contributed by atoms with Crippen molar-refractivity contribution in [3.63, 3.8) is 0 Å². The lowest BCUT2D eigenvalue weighted by molar-refractivity contribution is 0.267. The summed E-state index contributed by atoms with van der Waals surface area (Å²) in [5.74, 6) is 1.97. The van der Waals surface area contributed by atoms with Crippen molar-refractivity contribution in [2.45, 2.75) is 20.1 Å². The highest BCUT2D eigenvalue weighted by molar-refractivity contribution is 14.1. The number of anilines is 1. The summed E-state index contributed by atoms with van der Waals surface area (Å²) in [5, 5.41) is 3.40. The maximum Gasteiger partial charge on any atom is 0.174 e. The number of hydrogen-bond acceptors (Lipinski definition) is 4. The van der Waals surface area contributed by atoms with Crippen molar-refractivity contribution in [2.24, 2.45) is 0 Å². The largest absolute Gasteiger partial charge is 0.497 e. The first-order chi connectivity index (χ1) is 14.1. The molecule has 152 valence electrons. The topological polar surface area (TPSA) is 39.7 Å². The van der Waals surface area contributed by atoms with Crippen LogP contribution in [-0.4, -0.2) is 13.7 Å². The van der Waals surface area contributed by atoms with Crippen LogP contribution in [0.3, 0.4) is 0 Å². The Bertz CT molecular complexity index is 930. The Morgan fingerprint density at radius 2 is 1.66 bits per heavy atom. The summed E-state index contributed by atoms with van der Waals surface area (Å²) in [6.07, 6.45) is 0. The molecule has 0 saturated carbocycles. The van der Waals surface area contributed by atoms with Gasteiger partial charge in [0.25, 0.3) is 0 Å². The Morgan fingerprint density at radius 1 is 0.931 bits per heavy atom. The lowest BCUT2D eigenvalue weighted by Gasteiger charge is -2.16. The van der Waals surface area contributed by atoms with Gasteiger partial charge in [-0.05, 0) is 89.2 Å². The number of rotatable bonds is 9. The van der Waals surface area contributed by atoms with E-state index >= 15 is 0 Å². The van der Waals surface area contributed by atoms with Gasteiger partial charge in [0.1, 0.15) is 18.2 Å². The molecule has 3 aromatic carbocycles. The van der Waals surface area contributed by atoms with Gasteiger partial charge in [0.2, 0.25) is 0 Å². The van der Waals surface area contributed by atoms with E-state index in [4.69, 9.17) is 14.2 Å². The zero-order valence-electron chi connectivity index (χ0n) is 16.4. The molecule has 3 rings (SSSR count). The lowest BCUT2D eigenvalue weighted by atomic mass is 10.2. The van der Waals surface area contributed by atoms with Crippen LogP contribution < -0.4 is 19.5 Å². The monoisotopic (exact) mass is 507 g/mol. The van der Waals surface area contributed by atoms with Crippen LogP contribution in [0, 0.1) is 9.39 Å². The highest BCUT2D eigenvalue weighted by atomic mass is 127. The molecule has 4 nitrogen and oxygen atoms in total. The van der Waals surface area contributed by atoms with E-state index in [0.717, 1.165) is 26.1 Å². The highest BCUT2D eigenvalue weighted by Gasteiger charge is 2.13. The summed E-state index contributed by atoms with van der Waals surface area (Å²) in [6, 6.07) is 18.2. The molecule has 0 heterocycles. The molecule has 1 N–H and O–H groups in total. The highest BCUT2D eigenvalue weighted by Crippen LogP contribution is 2.35. The molecular formula is C23H23FINO3. The van der Waals surface area contributed by atoms with Gasteiger partial charge in [-0.3, -0.25) is 0 Å². The fraction of sp³-hybridized carbons (Fsp3) is 0.217. The van der Waals surface area contributed by atoms with Gasteiger partial charge in [-0.25, -0.2) is 4.39 Å². The number of nitrogens with one attached hydrogen (secondary N) is 1. The molecule has 0 amide bonds. The van der Waals surface area contributed by atoms with Crippen molar-refractivity contribution in [1.29, 1.82) is 0 Å². The van der Waals surface area contributed by atoms with Gasteiger partial charge in [-0.1, -0.05) is 12.1 Å². The molecule has 6 heteroatoms. The molecule has 0 spiro atoms. The minimum absolute atomic E-state index is 0.257. The molecule has 3 aromatic rings. The molecule has 0 aliphatic rings. The molecule has 0 unspecified atom stereocenters. The number of benzene rings is 3. The van der Waals surface area contributed by atoms with E-state index in [1.165, 1.54) is 12.1 Å². The van der Waals surface area contributed by atoms with Crippen LogP contribution in [-0.2, 0) is 13.2 Å². The van der Waals surface area contributed by atoms with E-state index in [1.54, 1.807) is 19.2 Å². The van der Waals surface area contributed by atoms with Gasteiger partial charge in [-0.15, -0.1) is 0 Å². The predicted molar refractivity (Wildman–Crippen MR) is 121 cm³/mol. The van der Waals surface area contributed by atoms with Crippen LogP contribution in [0.4, 0.5) is 10.1 Å². The number of ether oxygens (including phenoxy) is 3. The molecule has 0 fully saturated rings. The molecule has 0 saturated heterocycles. The summed E-state index contributed by atoms with van der Waals surface area (Å²) in [5.41, 5.74) is 2.99. The SMILES string of the molecule is CCOc1cc(CNc2ccc(OC)cc2)cc(I)c1OCc1ccc(F)cc1. The van der Waals surface area contributed by atoms with Crippen LogP contribution in [0.15, 0.2) is 60.7 Å². The quantitative estimate of drug-likeness (QED) is 0.359. The van der Waals surface area contributed by atoms with Gasteiger partial charge in [0.05, 0.1) is 17.3 Å². The molecule has 0 bridgehead atoms. The van der Waals surface area contributed by atoms with Crippen LogP contribution in [0.25, 0.3) is 0 Å². The first-order valence-corrected chi connectivity index (χ1v) is 10.4. The fourth-order valence-electron chi connectivity index (χ4n) is 2.78. The van der Waals surface area contributed by atoms with E-state index in [2.05, 4.69) is 34.0 Å². The van der Waals surface area contributed by atoms with E-state index in [9.17, 15) is 4.39 Å². The van der Waals surface area contributed by atoms with Crippen LogP contribution >= 0.6 is 22.6 Å². The van der Waals surface area contributed by atoms with Crippen molar-refractivity contribution in [3.05, 3.63) is 81.2 Å². The minimum Gasteiger partial charge on any atom is -0.497 e. The zero-order valence-corrected chi connectivity index (χ0v) is 18.5. The van der Waals surface area contributed by atoms with Gasteiger partial charge >= 0.3 is 0 Å². The number of methoxy groups -OCH3 is 1. The van der Waals surface area contributed by atoms with Crippen molar-refractivity contribution >= 4 is 28.3 Å². The third-order valence-corrected chi connectivity index (χ3v) is 5.05. The Kier molecular flexibility index (Phi) is 7.57. The zero-order chi connectivity index (χ0) is 20.6. The summed E-state index contributed by atoms with van der Waals surface area (Å²) >= 11 is 2.25. The molecular weight excluding hydrogens is 484 g/mol. The minimum atomic E-state index is -0.257. The van der Waals surface area contributed by atoms with Crippen molar-refractivity contribution in [2.75, 3.05) is 19.0 Å². The Balaban J connectivity index is 1.71. The summed E-state index contributed by atoms with van der Waals surface area (Å²) in [4.78, 5) is 0. The van der Waals surface area contributed by atoms with Crippen molar-refractivity contribution in [3.8, 4) is 17.2 Å². The van der Waals surface area contributed by atoms with Gasteiger partial charge in [0, 0.05) is 12.2 Å². The molecule has 0 aliphatic heterocycles. The van der Waals surface area contributed by atoms with E-state index < -0.39 is 0 Å². The molecule has 0 aromatic heterocycles. The molecule has 0 aliphatic carbocycles. The summed E-state index contributed by atoms with van der Waals surface area (Å²) < 4.78 is 31.0. The standard InChI is InChI=1S/C23H23FINO3/c1-3-28-22-13-17(14-26-19-8-10-20(27-2)11-9-19)12-21(25)23(22)29-15-16-4-6-18(24)7-5-16/h4-13,26H,3,14-15H2,1-2H3. The van der Waals surface area contributed by atoms with Crippen LogP contribution in [0.2, 0.25) is 0 Å². The Hall–Kier alpha value is -2.48. The third-order valence-electron chi connectivity index (χ3n) is 4.25. The lowest BCUT2D eigenvalue weighted by Crippen LogP contribution is -2.05. The number of hydrogen-bond donors (Lipinski definition) is 1. The average Bonchev–Trinajstić information content (AvgIpc) is 2.73. The van der Waals surface area contributed by atoms with E-state index in [0.29, 0.717) is 31.3 Å². The van der Waals surface area contributed by atoms with Gasteiger partial charge in [-0.2, -0.15) is 0 Å². The molecule has 29 heavy (non-hydrogen) atoms. The van der Waals surface area contributed by atoms with Crippen LogP contribution in [0.1, 0.15) is 18.1 Å². The van der Waals surface area contributed by atoms with E-state index in [-0.39, 0.29) is 5.82 Å².